The van der Waals surface area contributed by atoms with E-state index < -0.39 is 0 Å². The summed E-state index contributed by atoms with van der Waals surface area (Å²) in [5, 5.41) is 4.22. The molecule has 182 valence electrons. The van der Waals surface area contributed by atoms with Gasteiger partial charge in [-0.25, -0.2) is 9.97 Å². The maximum absolute atomic E-state index is 6.03. The fraction of sp³-hybridized carbons (Fsp3) is 0.667. The van der Waals surface area contributed by atoms with Crippen LogP contribution >= 0.6 is 0 Å². The van der Waals surface area contributed by atoms with Crippen molar-refractivity contribution in [3.63, 3.8) is 0 Å². The number of hydrogen-bond acceptors (Lipinski definition) is 6. The number of nitrogens with zero attached hydrogens (tertiary/aromatic N) is 3. The Kier molecular flexibility index (Phi) is 7.25. The van der Waals surface area contributed by atoms with Gasteiger partial charge in [0.2, 0.25) is 0 Å². The Morgan fingerprint density at radius 3 is 2.09 bits per heavy atom. The van der Waals surface area contributed by atoms with E-state index in [0.717, 1.165) is 47.5 Å². The molecule has 0 bridgehead atoms. The topological polar surface area (TPSA) is 78.1 Å². The van der Waals surface area contributed by atoms with Crippen LogP contribution in [0.5, 0.6) is 0 Å². The van der Waals surface area contributed by atoms with Crippen molar-refractivity contribution >= 4 is 0 Å². The standard InChI is InChI=1S/C27H41N3O3/c1-16(2)20-11-21(33-30-20)18(5)12-26(7,8)22-15-31-25(29-22)19(6)13-27(9,10)23-14-28-24(32-23)17(3)4/h11,14-19H,12-13H2,1-10H3. The van der Waals surface area contributed by atoms with Gasteiger partial charge in [0.25, 0.3) is 0 Å². The molecule has 0 spiro atoms. The average Bonchev–Trinajstić information content (AvgIpc) is 3.47. The van der Waals surface area contributed by atoms with Crippen molar-refractivity contribution in [2.45, 2.75) is 117 Å². The summed E-state index contributed by atoms with van der Waals surface area (Å²) in [6.07, 6.45) is 5.42. The van der Waals surface area contributed by atoms with Gasteiger partial charge in [-0.05, 0) is 18.8 Å². The fourth-order valence-corrected chi connectivity index (χ4v) is 4.42. The van der Waals surface area contributed by atoms with E-state index in [4.69, 9.17) is 18.3 Å². The monoisotopic (exact) mass is 455 g/mol. The zero-order valence-electron chi connectivity index (χ0n) is 22.0. The van der Waals surface area contributed by atoms with Crippen LogP contribution in [-0.4, -0.2) is 15.1 Å². The van der Waals surface area contributed by atoms with E-state index >= 15 is 0 Å². The largest absolute Gasteiger partial charge is 0.448 e. The first-order valence-corrected chi connectivity index (χ1v) is 12.2. The van der Waals surface area contributed by atoms with E-state index in [2.05, 4.69) is 85.4 Å². The molecule has 0 radical (unpaired) electrons. The molecular weight excluding hydrogens is 414 g/mol. The summed E-state index contributed by atoms with van der Waals surface area (Å²) in [6, 6.07) is 2.08. The fourth-order valence-electron chi connectivity index (χ4n) is 4.42. The number of oxazole rings is 2. The third kappa shape index (κ3) is 5.77. The Bertz CT molecular complexity index is 1040. The first-order chi connectivity index (χ1) is 15.3. The van der Waals surface area contributed by atoms with Gasteiger partial charge in [-0.1, -0.05) is 74.4 Å². The summed E-state index contributed by atoms with van der Waals surface area (Å²) in [7, 11) is 0. The summed E-state index contributed by atoms with van der Waals surface area (Å²) in [5.74, 6) is 4.41. The summed E-state index contributed by atoms with van der Waals surface area (Å²) in [4.78, 5) is 9.36. The smallest absolute Gasteiger partial charge is 0.197 e. The lowest BCUT2D eigenvalue weighted by molar-refractivity contribution is 0.310. The molecule has 0 saturated heterocycles. The summed E-state index contributed by atoms with van der Waals surface area (Å²) in [5.41, 5.74) is 1.65. The molecule has 33 heavy (non-hydrogen) atoms. The van der Waals surface area contributed by atoms with Gasteiger partial charge in [-0.3, -0.25) is 0 Å². The van der Waals surface area contributed by atoms with Crippen molar-refractivity contribution in [1.29, 1.82) is 0 Å². The van der Waals surface area contributed by atoms with Crippen molar-refractivity contribution in [3.05, 3.63) is 53.2 Å². The zero-order valence-corrected chi connectivity index (χ0v) is 22.0. The minimum absolute atomic E-state index is 0.150. The zero-order chi connectivity index (χ0) is 24.6. The van der Waals surface area contributed by atoms with Crippen LogP contribution in [0.3, 0.4) is 0 Å². The first-order valence-electron chi connectivity index (χ1n) is 12.2. The van der Waals surface area contributed by atoms with Crippen molar-refractivity contribution in [2.24, 2.45) is 0 Å². The third-order valence-corrected chi connectivity index (χ3v) is 6.58. The van der Waals surface area contributed by atoms with Gasteiger partial charge in [0, 0.05) is 34.7 Å². The SMILES string of the molecule is CC(C)c1cc(C(C)CC(C)(C)c2coc(C(C)CC(C)(C)c3cnc(C(C)C)o3)n2)on1. The number of rotatable bonds is 10. The molecular formula is C27H41N3O3. The molecule has 2 atom stereocenters. The van der Waals surface area contributed by atoms with E-state index in [9.17, 15) is 0 Å². The molecule has 2 unspecified atom stereocenters. The third-order valence-electron chi connectivity index (χ3n) is 6.58. The van der Waals surface area contributed by atoms with Crippen LogP contribution in [0.2, 0.25) is 0 Å². The predicted molar refractivity (Wildman–Crippen MR) is 130 cm³/mol. The van der Waals surface area contributed by atoms with Crippen LogP contribution in [0.4, 0.5) is 0 Å². The van der Waals surface area contributed by atoms with Gasteiger partial charge in [0.1, 0.15) is 17.8 Å². The van der Waals surface area contributed by atoms with E-state index in [0.29, 0.717) is 5.92 Å². The average molecular weight is 456 g/mol. The Labute approximate surface area is 198 Å². The summed E-state index contributed by atoms with van der Waals surface area (Å²) in [6.45, 7) is 21.6. The molecule has 0 aromatic carbocycles. The number of hydrogen-bond donors (Lipinski definition) is 0. The van der Waals surface area contributed by atoms with Gasteiger partial charge >= 0.3 is 0 Å². The van der Waals surface area contributed by atoms with E-state index in [-0.39, 0.29) is 28.6 Å². The first kappa shape index (κ1) is 25.3. The lowest BCUT2D eigenvalue weighted by Gasteiger charge is -2.25. The minimum atomic E-state index is -0.168. The van der Waals surface area contributed by atoms with Crippen LogP contribution in [0.25, 0.3) is 0 Å². The van der Waals surface area contributed by atoms with E-state index in [1.54, 1.807) is 0 Å². The van der Waals surface area contributed by atoms with Gasteiger partial charge in [-0.2, -0.15) is 0 Å². The van der Waals surface area contributed by atoms with Crippen LogP contribution in [0.15, 0.2) is 31.9 Å². The predicted octanol–water partition coefficient (Wildman–Crippen LogP) is 7.84. The maximum Gasteiger partial charge on any atom is 0.197 e. The maximum atomic E-state index is 6.03. The molecule has 3 aromatic heterocycles. The van der Waals surface area contributed by atoms with Crippen LogP contribution in [0.1, 0.15) is 140 Å². The van der Waals surface area contributed by atoms with Crippen LogP contribution < -0.4 is 0 Å². The molecule has 3 rings (SSSR count). The molecule has 0 fully saturated rings. The van der Waals surface area contributed by atoms with Crippen molar-refractivity contribution in [3.8, 4) is 0 Å². The molecule has 0 amide bonds. The highest BCUT2D eigenvalue weighted by Gasteiger charge is 2.33. The lowest BCUT2D eigenvalue weighted by atomic mass is 9.80. The van der Waals surface area contributed by atoms with Gasteiger partial charge in [0.15, 0.2) is 11.8 Å². The lowest BCUT2D eigenvalue weighted by Crippen LogP contribution is -2.21. The molecule has 0 saturated carbocycles. The highest BCUT2D eigenvalue weighted by molar-refractivity contribution is 5.18. The van der Waals surface area contributed by atoms with E-state index in [1.807, 2.05) is 12.5 Å². The highest BCUT2D eigenvalue weighted by atomic mass is 16.5. The molecule has 3 heterocycles. The quantitative estimate of drug-likeness (QED) is 0.310. The van der Waals surface area contributed by atoms with Gasteiger partial charge < -0.3 is 13.4 Å². The molecule has 0 N–H and O–H groups in total. The second-order valence-corrected chi connectivity index (χ2v) is 11.6. The van der Waals surface area contributed by atoms with Crippen LogP contribution in [-0.2, 0) is 10.8 Å². The second kappa shape index (κ2) is 9.47. The normalized spacial score (nSPS) is 14.9. The second-order valence-electron chi connectivity index (χ2n) is 11.6. The van der Waals surface area contributed by atoms with E-state index in [1.165, 1.54) is 0 Å². The highest BCUT2D eigenvalue weighted by Crippen LogP contribution is 2.38. The van der Waals surface area contributed by atoms with Crippen LogP contribution in [0, 0.1) is 0 Å². The Morgan fingerprint density at radius 1 is 0.848 bits per heavy atom. The van der Waals surface area contributed by atoms with Gasteiger partial charge in [0.05, 0.1) is 17.6 Å². The summed E-state index contributed by atoms with van der Waals surface area (Å²) < 4.78 is 17.6. The number of aromatic nitrogens is 3. The molecule has 6 heteroatoms. The summed E-state index contributed by atoms with van der Waals surface area (Å²) >= 11 is 0. The molecule has 3 aromatic rings. The van der Waals surface area contributed by atoms with Crippen molar-refractivity contribution < 1.29 is 13.4 Å². The minimum Gasteiger partial charge on any atom is -0.448 e. The molecule has 0 aliphatic rings. The Balaban J connectivity index is 1.68. The molecule has 0 aliphatic heterocycles. The van der Waals surface area contributed by atoms with Crippen molar-refractivity contribution in [1.82, 2.24) is 15.1 Å². The van der Waals surface area contributed by atoms with Gasteiger partial charge in [-0.15, -0.1) is 0 Å². The Morgan fingerprint density at radius 2 is 1.52 bits per heavy atom. The molecule has 0 aliphatic carbocycles. The Hall–Kier alpha value is -2.37. The van der Waals surface area contributed by atoms with Crippen molar-refractivity contribution in [2.75, 3.05) is 0 Å². The molecule has 6 nitrogen and oxygen atoms in total.